The summed E-state index contributed by atoms with van der Waals surface area (Å²) in [5.41, 5.74) is 0. The molecule has 0 bridgehead atoms. The highest BCUT2D eigenvalue weighted by atomic mass is 79.9. The minimum absolute atomic E-state index is 0.523. The average molecular weight is 385 g/mol. The maximum Gasteiger partial charge on any atom is 0.107 e. The predicted molar refractivity (Wildman–Crippen MR) is 77.6 cm³/mol. The number of hydrogen-bond acceptors (Lipinski definition) is 1. The van der Waals surface area contributed by atoms with Gasteiger partial charge in [0.2, 0.25) is 0 Å². The molecule has 4 heteroatoms. The van der Waals surface area contributed by atoms with Crippen molar-refractivity contribution >= 4 is 54.8 Å². The van der Waals surface area contributed by atoms with Crippen molar-refractivity contribution < 1.29 is 0 Å². The lowest BCUT2D eigenvalue weighted by atomic mass is 10.0. The van der Waals surface area contributed by atoms with Crippen molar-refractivity contribution in [2.24, 2.45) is 17.8 Å². The summed E-state index contributed by atoms with van der Waals surface area (Å²) >= 11 is 15.2. The lowest BCUT2D eigenvalue weighted by Gasteiger charge is -2.05. The maximum absolute atomic E-state index is 6.10. The molecule has 2 fully saturated rings. The molecule has 1 aromatic heterocycles. The molecular weight excluding hydrogens is 371 g/mol. The molecule has 0 aromatic carbocycles. The first-order chi connectivity index (χ1) is 7.68. The van der Waals surface area contributed by atoms with Crippen molar-refractivity contribution in [2.75, 3.05) is 0 Å². The van der Waals surface area contributed by atoms with Gasteiger partial charge in [-0.2, -0.15) is 0 Å². The summed E-state index contributed by atoms with van der Waals surface area (Å²) < 4.78 is 1.92. The number of thiophene rings is 1. The van der Waals surface area contributed by atoms with Crippen molar-refractivity contribution in [3.8, 4) is 0 Å². The zero-order valence-electron chi connectivity index (χ0n) is 8.76. The van der Waals surface area contributed by atoms with Gasteiger partial charge in [0.15, 0.2) is 0 Å². The van der Waals surface area contributed by atoms with E-state index in [1.165, 1.54) is 30.6 Å². The number of fused-ring (bicyclic) bond motifs is 1. The normalized spacial score (nSPS) is 34.6. The Morgan fingerprint density at radius 2 is 1.94 bits per heavy atom. The fraction of sp³-hybridized carbons (Fsp3) is 0.667. The third-order valence-corrected chi connectivity index (χ3v) is 7.96. The van der Waals surface area contributed by atoms with Crippen molar-refractivity contribution in [3.05, 3.63) is 19.8 Å². The van der Waals surface area contributed by atoms with Gasteiger partial charge in [0.05, 0.1) is 4.83 Å². The van der Waals surface area contributed by atoms with E-state index in [-0.39, 0.29) is 0 Å². The van der Waals surface area contributed by atoms with Gasteiger partial charge in [-0.1, -0.05) is 40.4 Å². The van der Waals surface area contributed by atoms with E-state index in [1.807, 2.05) is 0 Å². The van der Waals surface area contributed by atoms with E-state index >= 15 is 0 Å². The van der Waals surface area contributed by atoms with Gasteiger partial charge >= 0.3 is 0 Å². The maximum atomic E-state index is 6.10. The van der Waals surface area contributed by atoms with Gasteiger partial charge in [-0.3, -0.25) is 0 Å². The minimum Gasteiger partial charge on any atom is -0.126 e. The van der Waals surface area contributed by atoms with Gasteiger partial charge in [0.1, 0.15) is 4.34 Å². The van der Waals surface area contributed by atoms with Crippen LogP contribution in [-0.2, 0) is 0 Å². The summed E-state index contributed by atoms with van der Waals surface area (Å²) in [4.78, 5) is 1.91. The molecule has 88 valence electrons. The highest BCUT2D eigenvalue weighted by Gasteiger charge is 2.54. The molecule has 2 aliphatic rings. The molecule has 0 N–H and O–H groups in total. The van der Waals surface area contributed by atoms with Gasteiger partial charge in [0, 0.05) is 9.35 Å². The highest BCUT2D eigenvalue weighted by Crippen LogP contribution is 2.63. The Morgan fingerprint density at radius 1 is 1.31 bits per heavy atom. The molecule has 0 nitrogen and oxygen atoms in total. The van der Waals surface area contributed by atoms with Crippen LogP contribution in [-0.4, -0.2) is 0 Å². The van der Waals surface area contributed by atoms with Crippen LogP contribution in [0, 0.1) is 17.8 Å². The quantitative estimate of drug-likeness (QED) is 0.546. The van der Waals surface area contributed by atoms with E-state index in [9.17, 15) is 0 Å². The van der Waals surface area contributed by atoms with E-state index in [4.69, 9.17) is 11.6 Å². The van der Waals surface area contributed by atoms with Crippen LogP contribution in [0.3, 0.4) is 0 Å². The molecule has 3 atom stereocenters. The summed E-state index contributed by atoms with van der Waals surface area (Å²) in [5.74, 6) is 2.83. The number of hydrogen-bond donors (Lipinski definition) is 0. The molecule has 3 rings (SSSR count). The summed E-state index contributed by atoms with van der Waals surface area (Å²) in [5, 5.41) is 0. The standard InChI is InChI=1S/C12H13Br2ClS/c13-8-5-9(16-12(8)15)11(14)10-6-3-1-2-4-7(6)10/h5-7,10-11H,1-4H2. The second-order valence-corrected chi connectivity index (χ2v) is 8.39. The molecule has 1 heterocycles. The van der Waals surface area contributed by atoms with Crippen molar-refractivity contribution in [2.45, 2.75) is 30.5 Å². The number of rotatable bonds is 2. The molecular formula is C12H13Br2ClS. The molecule has 0 aliphatic heterocycles. The molecule has 0 saturated heterocycles. The van der Waals surface area contributed by atoms with E-state index in [2.05, 4.69) is 37.9 Å². The number of alkyl halides is 1. The second kappa shape index (κ2) is 4.56. The summed E-state index contributed by atoms with van der Waals surface area (Å²) in [6.07, 6.45) is 5.76. The SMILES string of the molecule is Clc1sc(C(Br)C2C3CCCCC32)cc1Br. The lowest BCUT2D eigenvalue weighted by molar-refractivity contribution is 0.480. The Hall–Kier alpha value is 0.950. The first-order valence-corrected chi connectivity index (χ1v) is 8.67. The zero-order chi connectivity index (χ0) is 11.3. The van der Waals surface area contributed by atoms with Crippen LogP contribution in [0.2, 0.25) is 4.34 Å². The Balaban J connectivity index is 1.76. The highest BCUT2D eigenvalue weighted by molar-refractivity contribution is 9.10. The molecule has 0 amide bonds. The monoisotopic (exact) mass is 382 g/mol. The molecule has 3 unspecified atom stereocenters. The van der Waals surface area contributed by atoms with E-state index in [0.29, 0.717) is 4.83 Å². The van der Waals surface area contributed by atoms with Crippen LogP contribution in [0.25, 0.3) is 0 Å². The van der Waals surface area contributed by atoms with Gasteiger partial charge in [-0.25, -0.2) is 0 Å². The number of halogens is 3. The summed E-state index contributed by atoms with van der Waals surface area (Å²) in [6, 6.07) is 2.18. The van der Waals surface area contributed by atoms with Crippen LogP contribution in [0.1, 0.15) is 35.4 Å². The molecule has 2 aliphatic carbocycles. The first-order valence-electron chi connectivity index (χ1n) is 5.77. The van der Waals surface area contributed by atoms with Crippen LogP contribution in [0.15, 0.2) is 10.5 Å². The van der Waals surface area contributed by atoms with Gasteiger partial charge in [-0.15, -0.1) is 11.3 Å². The summed E-state index contributed by atoms with van der Waals surface area (Å²) in [7, 11) is 0. The first kappa shape index (κ1) is 12.0. The van der Waals surface area contributed by atoms with Crippen LogP contribution in [0.5, 0.6) is 0 Å². The van der Waals surface area contributed by atoms with Crippen molar-refractivity contribution in [3.63, 3.8) is 0 Å². The molecule has 16 heavy (non-hydrogen) atoms. The van der Waals surface area contributed by atoms with Gasteiger partial charge < -0.3 is 0 Å². The minimum atomic E-state index is 0.523. The van der Waals surface area contributed by atoms with Gasteiger partial charge in [0.25, 0.3) is 0 Å². The van der Waals surface area contributed by atoms with E-state index in [0.717, 1.165) is 26.6 Å². The van der Waals surface area contributed by atoms with Crippen molar-refractivity contribution in [1.82, 2.24) is 0 Å². The Morgan fingerprint density at radius 3 is 2.44 bits per heavy atom. The molecule has 0 spiro atoms. The third kappa shape index (κ3) is 2.02. The van der Waals surface area contributed by atoms with E-state index in [1.54, 1.807) is 11.3 Å². The van der Waals surface area contributed by atoms with Crippen LogP contribution in [0.4, 0.5) is 0 Å². The third-order valence-electron chi connectivity index (χ3n) is 4.00. The Labute approximate surface area is 122 Å². The van der Waals surface area contributed by atoms with Crippen LogP contribution >= 0.6 is 54.8 Å². The average Bonchev–Trinajstić information content (AvgIpc) is 2.91. The van der Waals surface area contributed by atoms with Crippen LogP contribution < -0.4 is 0 Å². The van der Waals surface area contributed by atoms with E-state index < -0.39 is 0 Å². The fourth-order valence-electron chi connectivity index (χ4n) is 3.17. The fourth-order valence-corrected chi connectivity index (χ4v) is 6.14. The lowest BCUT2D eigenvalue weighted by Crippen LogP contribution is -1.91. The molecule has 1 aromatic rings. The Bertz CT molecular complexity index is 372. The topological polar surface area (TPSA) is 0 Å². The second-order valence-electron chi connectivity index (χ2n) is 4.86. The largest absolute Gasteiger partial charge is 0.126 e. The summed E-state index contributed by atoms with van der Waals surface area (Å²) in [6.45, 7) is 0. The van der Waals surface area contributed by atoms with Crippen molar-refractivity contribution in [1.29, 1.82) is 0 Å². The molecule has 0 radical (unpaired) electrons. The predicted octanol–water partition coefficient (Wildman–Crippen LogP) is 6.04. The smallest absolute Gasteiger partial charge is 0.107 e. The zero-order valence-corrected chi connectivity index (χ0v) is 13.5. The Kier molecular flexibility index (Phi) is 3.42. The molecule has 2 saturated carbocycles. The van der Waals surface area contributed by atoms with Gasteiger partial charge in [-0.05, 0) is 52.6 Å².